The molecular weight excluding hydrogens is 545 g/mol. The maximum Gasteiger partial charge on any atom is 0.234 e. The Bertz CT molecular complexity index is 1420. The lowest BCUT2D eigenvalue weighted by Gasteiger charge is -2.23. The molecule has 0 bridgehead atoms. The third-order valence-corrected chi connectivity index (χ3v) is 8.50. The summed E-state index contributed by atoms with van der Waals surface area (Å²) in [6.07, 6.45) is 2.76. The predicted octanol–water partition coefficient (Wildman–Crippen LogP) is 3.64. The first kappa shape index (κ1) is 30.2. The summed E-state index contributed by atoms with van der Waals surface area (Å²) in [4.78, 5) is 27.4. The van der Waals surface area contributed by atoms with Gasteiger partial charge < -0.3 is 15.4 Å². The van der Waals surface area contributed by atoms with Gasteiger partial charge in [-0.2, -0.15) is 0 Å². The topological polar surface area (TPSA) is 105 Å². The van der Waals surface area contributed by atoms with Crippen molar-refractivity contribution < 1.29 is 27.1 Å². The molecule has 0 fully saturated rings. The van der Waals surface area contributed by atoms with Crippen LogP contribution in [0.25, 0.3) is 0 Å². The summed E-state index contributed by atoms with van der Waals surface area (Å²) in [6, 6.07) is 20.2. The zero-order valence-corrected chi connectivity index (χ0v) is 23.8. The molecular formula is C31H36FN3O5S. The fourth-order valence-corrected chi connectivity index (χ4v) is 5.82. The maximum absolute atomic E-state index is 13.1. The fourth-order valence-electron chi connectivity index (χ4n) is 4.66. The van der Waals surface area contributed by atoms with Gasteiger partial charge in [-0.3, -0.25) is 14.5 Å². The third-order valence-electron chi connectivity index (χ3n) is 6.77. The molecule has 1 aliphatic heterocycles. The SMILES string of the molecule is O=C(Cc1ccc2c(c1)CN(Cc1ccccc1)CC(=O)NCCCCCO2)NCCS(=O)(=O)c1ccc(F)cc1. The largest absolute Gasteiger partial charge is 0.493 e. The highest BCUT2D eigenvalue weighted by molar-refractivity contribution is 7.91. The fraction of sp³-hybridized carbons (Fsp3) is 0.355. The molecule has 3 aromatic carbocycles. The van der Waals surface area contributed by atoms with Gasteiger partial charge in [0.2, 0.25) is 11.8 Å². The Morgan fingerprint density at radius 1 is 0.951 bits per heavy atom. The molecule has 0 aliphatic carbocycles. The smallest absolute Gasteiger partial charge is 0.234 e. The molecule has 10 heteroatoms. The van der Waals surface area contributed by atoms with E-state index in [1.165, 1.54) is 12.1 Å². The van der Waals surface area contributed by atoms with Crippen LogP contribution < -0.4 is 15.4 Å². The van der Waals surface area contributed by atoms with Crippen molar-refractivity contribution >= 4 is 21.7 Å². The van der Waals surface area contributed by atoms with E-state index in [1.54, 1.807) is 0 Å². The van der Waals surface area contributed by atoms with Gasteiger partial charge in [-0.15, -0.1) is 0 Å². The van der Waals surface area contributed by atoms with E-state index in [9.17, 15) is 22.4 Å². The Hall–Kier alpha value is -3.76. The molecule has 0 spiro atoms. The maximum atomic E-state index is 13.1. The lowest BCUT2D eigenvalue weighted by atomic mass is 10.1. The van der Waals surface area contributed by atoms with Gasteiger partial charge in [0.1, 0.15) is 11.6 Å². The van der Waals surface area contributed by atoms with Crippen LogP contribution in [0, 0.1) is 5.82 Å². The molecule has 0 aromatic heterocycles. The van der Waals surface area contributed by atoms with Gasteiger partial charge in [0.05, 0.1) is 30.2 Å². The Balaban J connectivity index is 1.44. The molecule has 218 valence electrons. The first-order chi connectivity index (χ1) is 19.8. The third kappa shape index (κ3) is 9.68. The van der Waals surface area contributed by atoms with E-state index in [0.29, 0.717) is 26.2 Å². The Labute approximate surface area is 240 Å². The zero-order chi connectivity index (χ0) is 29.1. The normalized spacial score (nSPS) is 15.3. The molecule has 0 saturated heterocycles. The van der Waals surface area contributed by atoms with Gasteiger partial charge in [0.15, 0.2) is 9.84 Å². The van der Waals surface area contributed by atoms with Crippen LogP contribution >= 0.6 is 0 Å². The van der Waals surface area contributed by atoms with E-state index >= 15 is 0 Å². The molecule has 41 heavy (non-hydrogen) atoms. The summed E-state index contributed by atoms with van der Waals surface area (Å²) in [7, 11) is -3.65. The van der Waals surface area contributed by atoms with E-state index < -0.39 is 15.7 Å². The summed E-state index contributed by atoms with van der Waals surface area (Å²) < 4.78 is 44.2. The van der Waals surface area contributed by atoms with E-state index in [-0.39, 0.29) is 42.0 Å². The molecule has 2 N–H and O–H groups in total. The molecule has 3 aromatic rings. The number of rotatable bonds is 8. The standard InChI is InChI=1S/C31H36FN3O5S/c32-27-10-12-28(13-11-27)41(38,39)18-16-34-30(36)20-25-9-14-29-26(19-25)22-35(21-24-7-3-1-4-8-24)23-31(37)33-15-5-2-6-17-40-29/h1,3-4,7-14,19H,2,5-6,15-18,20-23H2,(H,33,37)(H,34,36). The van der Waals surface area contributed by atoms with Crippen LogP contribution in [-0.4, -0.2) is 57.1 Å². The average Bonchev–Trinajstić information content (AvgIpc) is 2.95. The zero-order valence-electron chi connectivity index (χ0n) is 23.0. The number of carbonyl (C=O) groups is 2. The van der Waals surface area contributed by atoms with E-state index in [1.807, 2.05) is 48.5 Å². The molecule has 1 aliphatic rings. The summed E-state index contributed by atoms with van der Waals surface area (Å²) >= 11 is 0. The molecule has 4 rings (SSSR count). The van der Waals surface area contributed by atoms with Gasteiger partial charge in [-0.25, -0.2) is 12.8 Å². The lowest BCUT2D eigenvalue weighted by molar-refractivity contribution is -0.122. The highest BCUT2D eigenvalue weighted by atomic mass is 32.2. The second-order valence-corrected chi connectivity index (χ2v) is 12.2. The number of fused-ring (bicyclic) bond motifs is 1. The number of nitrogens with one attached hydrogen (secondary N) is 2. The molecule has 0 unspecified atom stereocenters. The minimum Gasteiger partial charge on any atom is -0.493 e. The van der Waals surface area contributed by atoms with Crippen molar-refractivity contribution in [2.75, 3.05) is 32.0 Å². The second-order valence-electron chi connectivity index (χ2n) is 10.1. The highest BCUT2D eigenvalue weighted by Gasteiger charge is 2.18. The monoisotopic (exact) mass is 581 g/mol. The van der Waals surface area contributed by atoms with Gasteiger partial charge in [0, 0.05) is 31.7 Å². The molecule has 8 nitrogen and oxygen atoms in total. The molecule has 0 radical (unpaired) electrons. The van der Waals surface area contributed by atoms with Crippen LogP contribution in [0.5, 0.6) is 5.75 Å². The molecule has 2 amide bonds. The number of nitrogens with zero attached hydrogens (tertiary/aromatic N) is 1. The highest BCUT2D eigenvalue weighted by Crippen LogP contribution is 2.24. The van der Waals surface area contributed by atoms with Crippen molar-refractivity contribution in [1.29, 1.82) is 0 Å². The number of carbonyl (C=O) groups excluding carboxylic acids is 2. The number of amides is 2. The summed E-state index contributed by atoms with van der Waals surface area (Å²) in [5, 5.41) is 5.68. The quantitative estimate of drug-likeness (QED) is 0.394. The van der Waals surface area contributed by atoms with E-state index in [4.69, 9.17) is 4.74 Å². The van der Waals surface area contributed by atoms with Gasteiger partial charge in [-0.1, -0.05) is 42.5 Å². The molecule has 0 saturated carbocycles. The van der Waals surface area contributed by atoms with Gasteiger partial charge in [0.25, 0.3) is 0 Å². The number of hydrogen-bond donors (Lipinski definition) is 2. The number of halogens is 1. The Morgan fingerprint density at radius 2 is 1.73 bits per heavy atom. The Morgan fingerprint density at radius 3 is 2.51 bits per heavy atom. The van der Waals surface area contributed by atoms with Crippen molar-refractivity contribution in [2.24, 2.45) is 0 Å². The van der Waals surface area contributed by atoms with Gasteiger partial charge in [-0.05, 0) is 60.7 Å². The van der Waals surface area contributed by atoms with E-state index in [2.05, 4.69) is 15.5 Å². The van der Waals surface area contributed by atoms with Crippen molar-refractivity contribution in [3.63, 3.8) is 0 Å². The van der Waals surface area contributed by atoms with Crippen LogP contribution in [0.3, 0.4) is 0 Å². The average molecular weight is 582 g/mol. The number of hydrogen-bond acceptors (Lipinski definition) is 6. The number of sulfone groups is 1. The van der Waals surface area contributed by atoms with Crippen molar-refractivity contribution in [3.05, 3.63) is 95.3 Å². The summed E-state index contributed by atoms with van der Waals surface area (Å²) in [5.74, 6) is -0.437. The first-order valence-electron chi connectivity index (χ1n) is 13.8. The predicted molar refractivity (Wildman–Crippen MR) is 155 cm³/mol. The van der Waals surface area contributed by atoms with Crippen LogP contribution in [0.1, 0.15) is 36.0 Å². The Kier molecular flexibility index (Phi) is 10.9. The molecule has 1 heterocycles. The van der Waals surface area contributed by atoms with Crippen LogP contribution in [0.2, 0.25) is 0 Å². The number of ether oxygens (including phenoxy) is 1. The van der Waals surface area contributed by atoms with Gasteiger partial charge >= 0.3 is 0 Å². The summed E-state index contributed by atoms with van der Waals surface area (Å²) in [5.41, 5.74) is 2.70. The van der Waals surface area contributed by atoms with Crippen molar-refractivity contribution in [2.45, 2.75) is 43.7 Å². The molecule has 0 atom stereocenters. The van der Waals surface area contributed by atoms with Crippen molar-refractivity contribution in [1.82, 2.24) is 15.5 Å². The van der Waals surface area contributed by atoms with Crippen LogP contribution in [0.15, 0.2) is 77.7 Å². The van der Waals surface area contributed by atoms with Crippen LogP contribution in [-0.2, 0) is 38.9 Å². The van der Waals surface area contributed by atoms with Crippen molar-refractivity contribution in [3.8, 4) is 5.75 Å². The van der Waals surface area contributed by atoms with E-state index in [0.717, 1.165) is 53.8 Å². The summed E-state index contributed by atoms with van der Waals surface area (Å²) in [6.45, 7) is 2.37. The minimum absolute atomic E-state index is 0.0116. The first-order valence-corrected chi connectivity index (χ1v) is 15.5. The minimum atomic E-state index is -3.65. The van der Waals surface area contributed by atoms with Crippen LogP contribution in [0.4, 0.5) is 4.39 Å². The second kappa shape index (κ2) is 14.7. The number of benzene rings is 3. The lowest BCUT2D eigenvalue weighted by Crippen LogP contribution is -2.37.